The molecule has 2 heterocycles. The highest BCUT2D eigenvalue weighted by molar-refractivity contribution is 5.98. The summed E-state index contributed by atoms with van der Waals surface area (Å²) in [6.45, 7) is 1.52. The number of rotatable bonds is 5. The number of ether oxygens (including phenoxy) is 2. The van der Waals surface area contributed by atoms with Gasteiger partial charge in [0, 0.05) is 5.39 Å². The first-order valence-electron chi connectivity index (χ1n) is 7.43. The quantitative estimate of drug-likeness (QED) is 0.634. The number of aryl methyl sites for hydroxylation is 1. The summed E-state index contributed by atoms with van der Waals surface area (Å²) in [6, 6.07) is 7.41. The van der Waals surface area contributed by atoms with Crippen LogP contribution in [0.3, 0.4) is 0 Å². The molecule has 0 saturated heterocycles. The van der Waals surface area contributed by atoms with Crippen molar-refractivity contribution in [3.05, 3.63) is 47.4 Å². The van der Waals surface area contributed by atoms with Gasteiger partial charge < -0.3 is 9.47 Å². The summed E-state index contributed by atoms with van der Waals surface area (Å²) in [4.78, 5) is 28.5. The van der Waals surface area contributed by atoms with Crippen molar-refractivity contribution in [1.29, 1.82) is 0 Å². The van der Waals surface area contributed by atoms with Gasteiger partial charge in [-0.25, -0.2) is 14.5 Å². The molecular formula is C16H15N5O4. The number of hydrogen-bond donors (Lipinski definition) is 0. The van der Waals surface area contributed by atoms with Gasteiger partial charge in [-0.05, 0) is 29.0 Å². The number of fused-ring (bicyclic) bond motifs is 1. The van der Waals surface area contributed by atoms with Gasteiger partial charge in [-0.3, -0.25) is 4.79 Å². The van der Waals surface area contributed by atoms with E-state index in [1.54, 1.807) is 0 Å². The number of tetrazole rings is 1. The van der Waals surface area contributed by atoms with E-state index in [0.29, 0.717) is 16.8 Å². The summed E-state index contributed by atoms with van der Waals surface area (Å²) in [5, 5.41) is 11.3. The van der Waals surface area contributed by atoms with Gasteiger partial charge in [0.25, 0.3) is 0 Å². The SMILES string of the molecule is COC(=O)c1c(COC(=O)Cn2cnnn2)nc2ccccc2c1C. The van der Waals surface area contributed by atoms with Crippen LogP contribution in [0.15, 0.2) is 30.6 Å². The Hall–Kier alpha value is -3.36. The highest BCUT2D eigenvalue weighted by Gasteiger charge is 2.20. The van der Waals surface area contributed by atoms with Crippen LogP contribution in [0, 0.1) is 6.92 Å². The Morgan fingerprint density at radius 2 is 2.04 bits per heavy atom. The van der Waals surface area contributed by atoms with Crippen LogP contribution in [0.2, 0.25) is 0 Å². The van der Waals surface area contributed by atoms with Gasteiger partial charge in [-0.15, -0.1) is 5.10 Å². The molecule has 3 aromatic rings. The number of benzene rings is 1. The van der Waals surface area contributed by atoms with Crippen LogP contribution in [-0.4, -0.2) is 44.2 Å². The number of carbonyl (C=O) groups is 2. The summed E-state index contributed by atoms with van der Waals surface area (Å²) < 4.78 is 11.3. The van der Waals surface area contributed by atoms with E-state index in [-0.39, 0.29) is 13.2 Å². The molecule has 0 amide bonds. The summed E-state index contributed by atoms with van der Waals surface area (Å²) >= 11 is 0. The van der Waals surface area contributed by atoms with Crippen LogP contribution in [0.1, 0.15) is 21.6 Å². The minimum atomic E-state index is -0.546. The van der Waals surface area contributed by atoms with Gasteiger partial charge in [0.15, 0.2) is 0 Å². The molecule has 0 atom stereocenters. The molecule has 0 fully saturated rings. The maximum absolute atomic E-state index is 12.2. The zero-order valence-corrected chi connectivity index (χ0v) is 13.7. The Morgan fingerprint density at radius 1 is 1.24 bits per heavy atom. The van der Waals surface area contributed by atoms with Gasteiger partial charge >= 0.3 is 11.9 Å². The summed E-state index contributed by atoms with van der Waals surface area (Å²) in [6.07, 6.45) is 1.31. The Kier molecular flexibility index (Phi) is 4.64. The second-order valence-corrected chi connectivity index (χ2v) is 5.24. The second-order valence-electron chi connectivity index (χ2n) is 5.24. The average molecular weight is 341 g/mol. The highest BCUT2D eigenvalue weighted by Crippen LogP contribution is 2.24. The van der Waals surface area contributed by atoms with Crippen LogP contribution in [0.5, 0.6) is 0 Å². The van der Waals surface area contributed by atoms with E-state index in [1.807, 2.05) is 31.2 Å². The van der Waals surface area contributed by atoms with Gasteiger partial charge in [0.05, 0.1) is 23.9 Å². The fourth-order valence-electron chi connectivity index (χ4n) is 2.50. The number of para-hydroxylation sites is 1. The third kappa shape index (κ3) is 3.44. The Morgan fingerprint density at radius 3 is 2.76 bits per heavy atom. The van der Waals surface area contributed by atoms with E-state index in [0.717, 1.165) is 10.9 Å². The number of nitrogens with zero attached hydrogens (tertiary/aromatic N) is 5. The molecule has 0 saturated carbocycles. The molecule has 9 heteroatoms. The first-order valence-corrected chi connectivity index (χ1v) is 7.43. The van der Waals surface area contributed by atoms with Gasteiger partial charge in [-0.1, -0.05) is 18.2 Å². The summed E-state index contributed by atoms with van der Waals surface area (Å²) in [5.41, 5.74) is 2.08. The first-order chi connectivity index (χ1) is 12.1. The molecule has 0 bridgehead atoms. The molecule has 0 unspecified atom stereocenters. The minimum Gasteiger partial charge on any atom is -0.465 e. The fraction of sp³-hybridized carbons (Fsp3) is 0.250. The third-order valence-electron chi connectivity index (χ3n) is 3.67. The normalized spacial score (nSPS) is 10.6. The molecule has 2 aromatic heterocycles. The van der Waals surface area contributed by atoms with Crippen molar-refractivity contribution in [3.8, 4) is 0 Å². The van der Waals surface area contributed by atoms with Crippen LogP contribution in [0.25, 0.3) is 10.9 Å². The first kappa shape index (κ1) is 16.5. The molecule has 9 nitrogen and oxygen atoms in total. The molecule has 25 heavy (non-hydrogen) atoms. The summed E-state index contributed by atoms with van der Waals surface area (Å²) in [7, 11) is 1.30. The molecule has 128 valence electrons. The lowest BCUT2D eigenvalue weighted by Gasteiger charge is -2.13. The number of carbonyl (C=O) groups excluding carboxylic acids is 2. The van der Waals surface area contributed by atoms with Crippen LogP contribution >= 0.6 is 0 Å². The van der Waals surface area contributed by atoms with E-state index in [2.05, 4.69) is 20.5 Å². The smallest absolute Gasteiger partial charge is 0.340 e. The van der Waals surface area contributed by atoms with E-state index < -0.39 is 11.9 Å². The topological polar surface area (TPSA) is 109 Å². The maximum Gasteiger partial charge on any atom is 0.340 e. The molecule has 0 spiro atoms. The molecule has 1 aromatic carbocycles. The molecular weight excluding hydrogens is 326 g/mol. The van der Waals surface area contributed by atoms with Crippen molar-refractivity contribution < 1.29 is 19.1 Å². The van der Waals surface area contributed by atoms with Crippen LogP contribution in [0.4, 0.5) is 0 Å². The van der Waals surface area contributed by atoms with E-state index >= 15 is 0 Å². The van der Waals surface area contributed by atoms with Crippen molar-refractivity contribution in [2.75, 3.05) is 7.11 Å². The Balaban J connectivity index is 1.88. The lowest BCUT2D eigenvalue weighted by molar-refractivity contribution is -0.146. The predicted molar refractivity (Wildman–Crippen MR) is 85.4 cm³/mol. The lowest BCUT2D eigenvalue weighted by atomic mass is 10.0. The maximum atomic E-state index is 12.2. The molecule has 0 N–H and O–H groups in total. The molecule has 0 radical (unpaired) electrons. The van der Waals surface area contributed by atoms with Gasteiger partial charge in [0.2, 0.25) is 0 Å². The fourth-order valence-corrected chi connectivity index (χ4v) is 2.50. The van der Waals surface area contributed by atoms with Crippen LogP contribution < -0.4 is 0 Å². The zero-order valence-electron chi connectivity index (χ0n) is 13.7. The van der Waals surface area contributed by atoms with Gasteiger partial charge in [0.1, 0.15) is 19.5 Å². The number of pyridine rings is 1. The minimum absolute atomic E-state index is 0.132. The predicted octanol–water partition coefficient (Wildman–Crippen LogP) is 1.06. The second kappa shape index (κ2) is 7.04. The van der Waals surface area contributed by atoms with Crippen LogP contribution in [-0.2, 0) is 27.4 Å². The van der Waals surface area contributed by atoms with Crippen molar-refractivity contribution >= 4 is 22.8 Å². The number of esters is 2. The van der Waals surface area contributed by atoms with Crippen molar-refractivity contribution in [3.63, 3.8) is 0 Å². The lowest BCUT2D eigenvalue weighted by Crippen LogP contribution is -2.17. The molecule has 3 rings (SSSR count). The van der Waals surface area contributed by atoms with E-state index in [9.17, 15) is 9.59 Å². The van der Waals surface area contributed by atoms with Gasteiger partial charge in [-0.2, -0.15) is 0 Å². The summed E-state index contributed by atoms with van der Waals surface area (Å²) in [5.74, 6) is -1.07. The monoisotopic (exact) mass is 341 g/mol. The largest absolute Gasteiger partial charge is 0.465 e. The van der Waals surface area contributed by atoms with E-state index in [1.165, 1.54) is 18.1 Å². The average Bonchev–Trinajstić information content (AvgIpc) is 3.12. The molecule has 0 aliphatic carbocycles. The van der Waals surface area contributed by atoms with Crippen molar-refractivity contribution in [1.82, 2.24) is 25.2 Å². The highest BCUT2D eigenvalue weighted by atomic mass is 16.5. The molecule has 0 aliphatic heterocycles. The Bertz CT molecular complexity index is 924. The molecule has 0 aliphatic rings. The zero-order chi connectivity index (χ0) is 17.8. The van der Waals surface area contributed by atoms with Crippen molar-refractivity contribution in [2.24, 2.45) is 0 Å². The van der Waals surface area contributed by atoms with Crippen molar-refractivity contribution in [2.45, 2.75) is 20.1 Å². The Labute approximate surface area is 142 Å². The van der Waals surface area contributed by atoms with E-state index in [4.69, 9.17) is 9.47 Å². The third-order valence-corrected chi connectivity index (χ3v) is 3.67. The number of hydrogen-bond acceptors (Lipinski definition) is 8. The number of methoxy groups -OCH3 is 1. The standard InChI is InChI=1S/C16H15N5O4/c1-10-11-5-3-4-6-12(11)18-13(15(10)16(23)24-2)8-25-14(22)7-21-9-17-19-20-21/h3-6,9H,7-8H2,1-2H3. The number of aromatic nitrogens is 5.